The molecule has 1 aromatic carbocycles. The van der Waals surface area contributed by atoms with Crippen LogP contribution in [0, 0.1) is 0 Å². The normalized spacial score (nSPS) is 13.0. The van der Waals surface area contributed by atoms with Crippen LogP contribution < -0.4 is 0 Å². The van der Waals surface area contributed by atoms with Crippen LogP contribution >= 0.6 is 0 Å². The van der Waals surface area contributed by atoms with Crippen molar-refractivity contribution in [1.29, 1.82) is 0 Å². The highest BCUT2D eigenvalue weighted by molar-refractivity contribution is 6.60. The lowest BCUT2D eigenvalue weighted by molar-refractivity contribution is 0.0713. The lowest BCUT2D eigenvalue weighted by atomic mass is 9.76. The van der Waals surface area contributed by atoms with Gasteiger partial charge in [-0.1, -0.05) is 53.7 Å². The summed E-state index contributed by atoms with van der Waals surface area (Å²) in [5.41, 5.74) is 4.09. The van der Waals surface area contributed by atoms with Gasteiger partial charge in [-0.2, -0.15) is 0 Å². The summed E-state index contributed by atoms with van der Waals surface area (Å²) in [7, 11) is -2.76. The topological polar surface area (TPSA) is 44.8 Å². The Morgan fingerprint density at radius 1 is 0.857 bits per heavy atom. The van der Waals surface area contributed by atoms with Crippen molar-refractivity contribution in [2.45, 2.75) is 85.6 Å². The SMILES string of the molecule is CCO[Si](CCc1cc(C(C)(C)C)cc(C(C)(C)C)c1C=O)(OCC)OCC. The fourth-order valence-electron chi connectivity index (χ4n) is 3.40. The molecular formula is C23H40O4Si. The molecule has 1 rings (SSSR count). The fourth-order valence-corrected chi connectivity index (χ4v) is 5.98. The molecule has 0 unspecified atom stereocenters. The van der Waals surface area contributed by atoms with Crippen molar-refractivity contribution in [3.05, 3.63) is 34.4 Å². The average molecular weight is 409 g/mol. The number of carbonyl (C=O) groups is 1. The van der Waals surface area contributed by atoms with Crippen LogP contribution in [0.2, 0.25) is 6.04 Å². The number of aldehydes is 1. The first-order valence-electron chi connectivity index (χ1n) is 10.5. The number of hydrogen-bond donors (Lipinski definition) is 0. The summed E-state index contributed by atoms with van der Waals surface area (Å²) in [6, 6.07) is 5.05. The summed E-state index contributed by atoms with van der Waals surface area (Å²) in [6.45, 7) is 20.7. The Labute approximate surface area is 173 Å². The zero-order valence-electron chi connectivity index (χ0n) is 19.4. The summed E-state index contributed by atoms with van der Waals surface area (Å²) >= 11 is 0. The number of aryl methyl sites for hydroxylation is 1. The zero-order valence-corrected chi connectivity index (χ0v) is 20.4. The van der Waals surface area contributed by atoms with E-state index in [4.69, 9.17) is 13.3 Å². The first-order chi connectivity index (χ1) is 12.9. The molecule has 28 heavy (non-hydrogen) atoms. The molecule has 0 aromatic heterocycles. The Morgan fingerprint density at radius 2 is 1.36 bits per heavy atom. The van der Waals surface area contributed by atoms with Gasteiger partial charge in [0.15, 0.2) is 6.29 Å². The van der Waals surface area contributed by atoms with Gasteiger partial charge in [0.25, 0.3) is 0 Å². The highest BCUT2D eigenvalue weighted by atomic mass is 28.4. The van der Waals surface area contributed by atoms with E-state index in [1.165, 1.54) is 5.56 Å². The van der Waals surface area contributed by atoms with E-state index in [9.17, 15) is 4.79 Å². The lowest BCUT2D eigenvalue weighted by Crippen LogP contribution is -2.46. The van der Waals surface area contributed by atoms with Crippen LogP contribution in [0.3, 0.4) is 0 Å². The third-order valence-electron chi connectivity index (χ3n) is 4.85. The quantitative estimate of drug-likeness (QED) is 0.369. The first-order valence-corrected chi connectivity index (χ1v) is 12.4. The van der Waals surface area contributed by atoms with Crippen molar-refractivity contribution < 1.29 is 18.1 Å². The number of carbonyl (C=O) groups excluding carboxylic acids is 1. The molecular weight excluding hydrogens is 368 g/mol. The Kier molecular flexibility index (Phi) is 9.07. The van der Waals surface area contributed by atoms with Gasteiger partial charge in [0.1, 0.15) is 0 Å². The summed E-state index contributed by atoms with van der Waals surface area (Å²) < 4.78 is 18.0. The van der Waals surface area contributed by atoms with Crippen LogP contribution in [0.5, 0.6) is 0 Å². The van der Waals surface area contributed by atoms with Gasteiger partial charge >= 0.3 is 8.80 Å². The molecule has 0 saturated heterocycles. The minimum absolute atomic E-state index is 0.00440. The van der Waals surface area contributed by atoms with Crippen LogP contribution in [0.15, 0.2) is 12.1 Å². The molecule has 0 atom stereocenters. The fraction of sp³-hybridized carbons (Fsp3) is 0.696. The van der Waals surface area contributed by atoms with E-state index >= 15 is 0 Å². The molecule has 0 N–H and O–H groups in total. The zero-order chi connectivity index (χ0) is 21.6. The predicted molar refractivity (Wildman–Crippen MR) is 118 cm³/mol. The molecule has 0 saturated carbocycles. The second kappa shape index (κ2) is 10.1. The van der Waals surface area contributed by atoms with Crippen LogP contribution in [0.25, 0.3) is 0 Å². The van der Waals surface area contributed by atoms with Gasteiger partial charge < -0.3 is 13.3 Å². The summed E-state index contributed by atoms with van der Waals surface area (Å²) in [5.74, 6) is 0. The van der Waals surface area contributed by atoms with E-state index in [0.29, 0.717) is 32.3 Å². The van der Waals surface area contributed by atoms with Crippen LogP contribution in [-0.4, -0.2) is 34.9 Å². The second-order valence-corrected chi connectivity index (χ2v) is 11.9. The number of rotatable bonds is 10. The van der Waals surface area contributed by atoms with Gasteiger partial charge in [-0.3, -0.25) is 4.79 Å². The molecule has 0 aliphatic rings. The molecule has 1 aromatic rings. The highest BCUT2D eigenvalue weighted by Crippen LogP contribution is 2.34. The maximum Gasteiger partial charge on any atom is 0.501 e. The van der Waals surface area contributed by atoms with Gasteiger partial charge in [-0.15, -0.1) is 0 Å². The molecule has 0 aliphatic carbocycles. The van der Waals surface area contributed by atoms with Gasteiger partial charge in [0.2, 0.25) is 0 Å². The Bertz CT molecular complexity index is 624. The average Bonchev–Trinajstić information content (AvgIpc) is 2.58. The third kappa shape index (κ3) is 6.51. The van der Waals surface area contributed by atoms with E-state index in [1.54, 1.807) is 0 Å². The molecule has 0 bridgehead atoms. The maximum absolute atomic E-state index is 12.1. The Balaban J connectivity index is 3.43. The monoisotopic (exact) mass is 408 g/mol. The van der Waals surface area contributed by atoms with Gasteiger partial charge in [0, 0.05) is 31.4 Å². The molecule has 0 heterocycles. The summed E-state index contributed by atoms with van der Waals surface area (Å²) in [4.78, 5) is 12.1. The molecule has 5 heteroatoms. The molecule has 160 valence electrons. The smallest absolute Gasteiger partial charge is 0.374 e. The van der Waals surface area contributed by atoms with Crippen molar-refractivity contribution >= 4 is 15.1 Å². The standard InChI is InChI=1S/C23H40O4Si/c1-10-25-28(26-11-2,27-12-3)14-13-18-15-19(22(4,5)6)16-21(20(18)17-24)23(7,8)9/h15-17H,10-14H2,1-9H3. The molecule has 4 nitrogen and oxygen atoms in total. The molecule has 0 spiro atoms. The van der Waals surface area contributed by atoms with Crippen molar-refractivity contribution in [1.82, 2.24) is 0 Å². The van der Waals surface area contributed by atoms with Crippen molar-refractivity contribution in [2.75, 3.05) is 19.8 Å². The van der Waals surface area contributed by atoms with E-state index in [-0.39, 0.29) is 10.8 Å². The van der Waals surface area contributed by atoms with E-state index in [0.717, 1.165) is 23.0 Å². The lowest BCUT2D eigenvalue weighted by Gasteiger charge is -2.30. The molecule has 0 amide bonds. The van der Waals surface area contributed by atoms with Gasteiger partial charge in [0.05, 0.1) is 0 Å². The highest BCUT2D eigenvalue weighted by Gasteiger charge is 2.40. The minimum atomic E-state index is -2.76. The molecule has 0 aliphatic heterocycles. The minimum Gasteiger partial charge on any atom is -0.374 e. The Morgan fingerprint density at radius 3 is 1.71 bits per heavy atom. The predicted octanol–water partition coefficient (Wildman–Crippen LogP) is 5.69. The number of benzene rings is 1. The molecule has 0 radical (unpaired) electrons. The maximum atomic E-state index is 12.1. The van der Waals surface area contributed by atoms with Gasteiger partial charge in [-0.25, -0.2) is 0 Å². The summed E-state index contributed by atoms with van der Waals surface area (Å²) in [6.07, 6.45) is 1.71. The number of hydrogen-bond acceptors (Lipinski definition) is 4. The van der Waals surface area contributed by atoms with Crippen molar-refractivity contribution in [3.8, 4) is 0 Å². The van der Waals surface area contributed by atoms with Crippen LogP contribution in [0.1, 0.15) is 89.4 Å². The summed E-state index contributed by atoms with van der Waals surface area (Å²) in [5, 5.41) is 0. The van der Waals surface area contributed by atoms with Crippen LogP contribution in [0.4, 0.5) is 0 Å². The van der Waals surface area contributed by atoms with E-state index < -0.39 is 8.80 Å². The van der Waals surface area contributed by atoms with Crippen LogP contribution in [-0.2, 0) is 30.5 Å². The van der Waals surface area contributed by atoms with Gasteiger partial charge in [-0.05, 0) is 54.7 Å². The van der Waals surface area contributed by atoms with E-state index in [2.05, 4.69) is 53.7 Å². The van der Waals surface area contributed by atoms with E-state index in [1.807, 2.05) is 20.8 Å². The third-order valence-corrected chi connectivity index (χ3v) is 7.90. The first kappa shape index (κ1) is 25.0. The van der Waals surface area contributed by atoms with Crippen molar-refractivity contribution in [3.63, 3.8) is 0 Å². The largest absolute Gasteiger partial charge is 0.501 e. The second-order valence-electron chi connectivity index (χ2n) is 9.20. The Hall–Kier alpha value is -1.01. The van der Waals surface area contributed by atoms with Crippen molar-refractivity contribution in [2.24, 2.45) is 0 Å². The molecule has 0 fully saturated rings.